The lowest BCUT2D eigenvalue weighted by atomic mass is 9.74. The molecule has 0 saturated carbocycles. The normalized spacial score (nSPS) is 27.3. The smallest absolute Gasteiger partial charge is 0.479 e. The molecule has 2 saturated heterocycles. The second-order valence-electron chi connectivity index (χ2n) is 14.0. The van der Waals surface area contributed by atoms with Crippen molar-refractivity contribution in [3.8, 4) is 0 Å². The molecule has 3 rings (SSSR count). The summed E-state index contributed by atoms with van der Waals surface area (Å²) in [4.78, 5) is 62.9. The van der Waals surface area contributed by atoms with Crippen LogP contribution in [0.4, 0.5) is 4.79 Å². The standard InChI is InChI=1S/C38H54O15/c1-5-6-7-8-9-10-11-12-13-17-22-49-35(47)51-30-29(40)36(52-31(32(41)42)37(48,33(43)44)38(30,53-36)34(45)46)21-20-24(2)28(50-26(4)39)25(3)23-27-18-15-14-16-19-27/h14-16,18-19,25,28-31,40,48H,2,5-13,17,20-23H2,1,3-4H3,(H,41,42)(H,43,44)(H,45,46)/t25-,28-,29-,30-,31?,36?,37?,38?/m1/s1. The summed E-state index contributed by atoms with van der Waals surface area (Å²) in [5.41, 5.74) is -6.34. The third-order valence-electron chi connectivity index (χ3n) is 9.95. The van der Waals surface area contributed by atoms with Crippen molar-refractivity contribution in [1.29, 1.82) is 0 Å². The van der Waals surface area contributed by atoms with Gasteiger partial charge in [-0.05, 0) is 30.4 Å². The predicted molar refractivity (Wildman–Crippen MR) is 187 cm³/mol. The zero-order valence-corrected chi connectivity index (χ0v) is 30.7. The number of carbonyl (C=O) groups is 5. The number of ether oxygens (including phenoxy) is 5. The number of aliphatic hydroxyl groups is 2. The first-order valence-corrected chi connectivity index (χ1v) is 18.3. The van der Waals surface area contributed by atoms with Crippen molar-refractivity contribution in [2.24, 2.45) is 5.92 Å². The number of carboxylic acid groups (broad SMARTS) is 3. The molecule has 0 aromatic heterocycles. The first-order chi connectivity index (χ1) is 25.1. The number of hydrogen-bond acceptors (Lipinski definition) is 12. The van der Waals surface area contributed by atoms with Crippen LogP contribution in [0.5, 0.6) is 0 Å². The number of hydrogen-bond donors (Lipinski definition) is 5. The van der Waals surface area contributed by atoms with Crippen LogP contribution in [0.1, 0.15) is 103 Å². The van der Waals surface area contributed by atoms with Crippen LogP contribution in [-0.4, -0.2) is 104 Å². The third kappa shape index (κ3) is 9.93. The molecule has 5 N–H and O–H groups in total. The highest BCUT2D eigenvalue weighted by molar-refractivity contribution is 5.98. The monoisotopic (exact) mass is 750 g/mol. The molecule has 0 aliphatic carbocycles. The van der Waals surface area contributed by atoms with Crippen molar-refractivity contribution >= 4 is 30.0 Å². The van der Waals surface area contributed by atoms with Gasteiger partial charge in [-0.15, -0.1) is 0 Å². The Morgan fingerprint density at radius 3 is 2.02 bits per heavy atom. The molecule has 4 unspecified atom stereocenters. The molecule has 53 heavy (non-hydrogen) atoms. The summed E-state index contributed by atoms with van der Waals surface area (Å²) in [7, 11) is 0. The van der Waals surface area contributed by atoms with E-state index in [-0.39, 0.29) is 24.5 Å². The second-order valence-corrected chi connectivity index (χ2v) is 14.0. The van der Waals surface area contributed by atoms with Crippen molar-refractivity contribution < 1.29 is 73.2 Å². The molecule has 2 aliphatic heterocycles. The number of carboxylic acids is 3. The SMILES string of the molecule is C=C(CCC12OC(C(=O)O)C(O)(C(=O)O)C(C(=O)O)(O1)[C@H](OC(=O)OCCCCCCCCCCCC)[C@H]2O)[C@@H](OC(C)=O)[C@H](C)Cc1ccccc1. The van der Waals surface area contributed by atoms with Gasteiger partial charge in [0.15, 0.2) is 6.10 Å². The Morgan fingerprint density at radius 2 is 1.49 bits per heavy atom. The Labute approximate surface area is 309 Å². The van der Waals surface area contributed by atoms with Gasteiger partial charge in [0.2, 0.25) is 17.5 Å². The largest absolute Gasteiger partial charge is 0.508 e. The van der Waals surface area contributed by atoms with E-state index in [1.54, 1.807) is 6.92 Å². The molecule has 2 fully saturated rings. The van der Waals surface area contributed by atoms with Crippen LogP contribution < -0.4 is 0 Å². The molecule has 2 heterocycles. The van der Waals surface area contributed by atoms with Gasteiger partial charge in [0.05, 0.1) is 6.61 Å². The molecule has 0 spiro atoms. The molecule has 1 aromatic carbocycles. The molecular formula is C38H54O15. The Balaban J connectivity index is 1.81. The predicted octanol–water partition coefficient (Wildman–Crippen LogP) is 4.79. The van der Waals surface area contributed by atoms with Gasteiger partial charge in [-0.2, -0.15) is 0 Å². The lowest BCUT2D eigenvalue weighted by Crippen LogP contribution is -2.78. The van der Waals surface area contributed by atoms with Crippen LogP contribution >= 0.6 is 0 Å². The molecule has 8 atom stereocenters. The number of aliphatic carboxylic acids is 3. The quantitative estimate of drug-likeness (QED) is 0.0575. The van der Waals surface area contributed by atoms with E-state index in [9.17, 15) is 49.5 Å². The molecule has 0 radical (unpaired) electrons. The molecule has 1 aromatic rings. The van der Waals surface area contributed by atoms with E-state index >= 15 is 0 Å². The maximum absolute atomic E-state index is 13.0. The van der Waals surface area contributed by atoms with E-state index in [1.165, 1.54) is 32.6 Å². The molecule has 0 amide bonds. The molecule has 15 heteroatoms. The number of benzene rings is 1. The van der Waals surface area contributed by atoms with E-state index < -0.39 is 77.9 Å². The minimum absolute atomic E-state index is 0.153. The van der Waals surface area contributed by atoms with Gasteiger partial charge < -0.3 is 49.2 Å². The van der Waals surface area contributed by atoms with Crippen LogP contribution in [0, 0.1) is 5.92 Å². The van der Waals surface area contributed by atoms with Crippen LogP contribution in [0.2, 0.25) is 0 Å². The van der Waals surface area contributed by atoms with E-state index in [0.29, 0.717) is 19.3 Å². The highest BCUT2D eigenvalue weighted by Crippen LogP contribution is 2.56. The molecule has 2 aliphatic rings. The topological polar surface area (TPSA) is 233 Å². The summed E-state index contributed by atoms with van der Waals surface area (Å²) >= 11 is 0. The van der Waals surface area contributed by atoms with E-state index in [4.69, 9.17) is 23.7 Å². The number of aliphatic hydroxyl groups excluding tert-OH is 1. The van der Waals surface area contributed by atoms with Crippen molar-refractivity contribution in [2.45, 2.75) is 146 Å². The average Bonchev–Trinajstić information content (AvgIpc) is 3.32. The molecular weight excluding hydrogens is 696 g/mol. The van der Waals surface area contributed by atoms with Gasteiger partial charge >= 0.3 is 30.0 Å². The van der Waals surface area contributed by atoms with Crippen LogP contribution in [0.3, 0.4) is 0 Å². The summed E-state index contributed by atoms with van der Waals surface area (Å²) in [6, 6.07) is 9.29. The minimum Gasteiger partial charge on any atom is -0.479 e. The summed E-state index contributed by atoms with van der Waals surface area (Å²) in [6.45, 7) is 9.03. The Hall–Kier alpha value is -4.05. The summed E-state index contributed by atoms with van der Waals surface area (Å²) in [6.07, 6.45) is -0.479. The number of fused-ring (bicyclic) bond motifs is 2. The average molecular weight is 751 g/mol. The Kier molecular flexibility index (Phi) is 15.8. The number of esters is 1. The van der Waals surface area contributed by atoms with E-state index in [1.807, 2.05) is 30.3 Å². The highest BCUT2D eigenvalue weighted by atomic mass is 16.8. The fourth-order valence-corrected chi connectivity index (χ4v) is 7.18. The number of rotatable bonds is 23. The van der Waals surface area contributed by atoms with Crippen molar-refractivity contribution in [2.75, 3.05) is 6.61 Å². The summed E-state index contributed by atoms with van der Waals surface area (Å²) < 4.78 is 27.0. The van der Waals surface area contributed by atoms with Gasteiger partial charge in [-0.25, -0.2) is 19.2 Å². The van der Waals surface area contributed by atoms with Crippen molar-refractivity contribution in [1.82, 2.24) is 0 Å². The second kappa shape index (κ2) is 19.3. The first-order valence-electron chi connectivity index (χ1n) is 18.3. The molecule has 15 nitrogen and oxygen atoms in total. The fourth-order valence-electron chi connectivity index (χ4n) is 7.18. The maximum Gasteiger partial charge on any atom is 0.508 e. The lowest BCUT2D eigenvalue weighted by Gasteiger charge is -2.48. The summed E-state index contributed by atoms with van der Waals surface area (Å²) in [5, 5.41) is 53.6. The van der Waals surface area contributed by atoms with Crippen LogP contribution in [-0.2, 0) is 49.3 Å². The minimum atomic E-state index is -3.92. The first kappa shape index (κ1) is 43.4. The molecule has 296 valence electrons. The molecule has 2 bridgehead atoms. The van der Waals surface area contributed by atoms with Crippen LogP contribution in [0.15, 0.2) is 42.5 Å². The fraction of sp³-hybridized carbons (Fsp3) is 0.658. The van der Waals surface area contributed by atoms with Crippen LogP contribution in [0.25, 0.3) is 0 Å². The highest BCUT2D eigenvalue weighted by Gasteiger charge is 2.86. The van der Waals surface area contributed by atoms with Gasteiger partial charge in [-0.1, -0.05) is 109 Å². The Morgan fingerprint density at radius 1 is 0.906 bits per heavy atom. The van der Waals surface area contributed by atoms with Crippen molar-refractivity contribution in [3.05, 3.63) is 48.0 Å². The van der Waals surface area contributed by atoms with Gasteiger partial charge in [0.1, 0.15) is 12.2 Å². The van der Waals surface area contributed by atoms with Gasteiger partial charge in [0.25, 0.3) is 5.60 Å². The number of carbonyl (C=O) groups excluding carboxylic acids is 2. The Bertz CT molecular complexity index is 1430. The van der Waals surface area contributed by atoms with Gasteiger partial charge in [0, 0.05) is 19.3 Å². The maximum atomic E-state index is 13.0. The third-order valence-corrected chi connectivity index (χ3v) is 9.95. The van der Waals surface area contributed by atoms with Gasteiger partial charge in [-0.3, -0.25) is 4.79 Å². The lowest BCUT2D eigenvalue weighted by molar-refractivity contribution is -0.374. The van der Waals surface area contributed by atoms with Crippen molar-refractivity contribution in [3.63, 3.8) is 0 Å². The van der Waals surface area contributed by atoms with E-state index in [0.717, 1.165) is 31.2 Å². The zero-order valence-electron chi connectivity index (χ0n) is 30.7. The summed E-state index contributed by atoms with van der Waals surface area (Å²) in [5.74, 6) is -10.4. The zero-order chi connectivity index (χ0) is 39.4. The number of unbranched alkanes of at least 4 members (excludes halogenated alkanes) is 9. The van der Waals surface area contributed by atoms with E-state index in [2.05, 4.69) is 13.5 Å².